The number of carbonyl (C=O) groups is 1. The SMILES string of the molecule is CC.CC.CC(=O)C(N)Cc1ccccc1Cl. The van der Waals surface area contributed by atoms with E-state index in [1.54, 1.807) is 6.07 Å². The van der Waals surface area contributed by atoms with Gasteiger partial charge < -0.3 is 5.73 Å². The second kappa shape index (κ2) is 11.6. The van der Waals surface area contributed by atoms with Gasteiger partial charge in [-0.05, 0) is 25.0 Å². The molecule has 98 valence electrons. The summed E-state index contributed by atoms with van der Waals surface area (Å²) in [7, 11) is 0. The van der Waals surface area contributed by atoms with Crippen LogP contribution in [0.2, 0.25) is 5.02 Å². The molecule has 17 heavy (non-hydrogen) atoms. The highest BCUT2D eigenvalue weighted by Gasteiger charge is 2.10. The summed E-state index contributed by atoms with van der Waals surface area (Å²) in [6.07, 6.45) is 0.509. The summed E-state index contributed by atoms with van der Waals surface area (Å²) in [6, 6.07) is 6.97. The highest BCUT2D eigenvalue weighted by molar-refractivity contribution is 6.31. The van der Waals surface area contributed by atoms with Crippen molar-refractivity contribution >= 4 is 17.4 Å². The monoisotopic (exact) mass is 257 g/mol. The van der Waals surface area contributed by atoms with Gasteiger partial charge >= 0.3 is 0 Å². The summed E-state index contributed by atoms with van der Waals surface area (Å²) >= 11 is 5.91. The zero-order valence-electron chi connectivity index (χ0n) is 11.5. The summed E-state index contributed by atoms with van der Waals surface area (Å²) in [5.74, 6) is -0.0140. The molecule has 0 saturated heterocycles. The molecule has 0 heterocycles. The Morgan fingerprint density at radius 3 is 2.12 bits per heavy atom. The average molecular weight is 258 g/mol. The van der Waals surface area contributed by atoms with Crippen LogP contribution < -0.4 is 5.73 Å². The quantitative estimate of drug-likeness (QED) is 0.894. The van der Waals surface area contributed by atoms with Crippen molar-refractivity contribution in [1.29, 1.82) is 0 Å². The van der Waals surface area contributed by atoms with Gasteiger partial charge in [-0.15, -0.1) is 0 Å². The van der Waals surface area contributed by atoms with Gasteiger partial charge in [-0.3, -0.25) is 4.79 Å². The Hall–Kier alpha value is -0.860. The van der Waals surface area contributed by atoms with Crippen molar-refractivity contribution in [2.75, 3.05) is 0 Å². The third kappa shape index (κ3) is 7.94. The first-order valence-corrected chi connectivity index (χ1v) is 6.48. The van der Waals surface area contributed by atoms with E-state index in [9.17, 15) is 4.79 Å². The lowest BCUT2D eigenvalue weighted by Gasteiger charge is -2.08. The molecule has 1 aromatic carbocycles. The van der Waals surface area contributed by atoms with E-state index in [-0.39, 0.29) is 5.78 Å². The van der Waals surface area contributed by atoms with E-state index in [0.29, 0.717) is 11.4 Å². The van der Waals surface area contributed by atoms with Crippen LogP contribution in [0.5, 0.6) is 0 Å². The summed E-state index contributed by atoms with van der Waals surface area (Å²) in [5.41, 5.74) is 6.53. The van der Waals surface area contributed by atoms with E-state index >= 15 is 0 Å². The molecule has 0 aliphatic carbocycles. The van der Waals surface area contributed by atoms with E-state index in [2.05, 4.69) is 0 Å². The topological polar surface area (TPSA) is 43.1 Å². The van der Waals surface area contributed by atoms with Crippen LogP contribution in [-0.4, -0.2) is 11.8 Å². The number of ketones is 1. The normalized spacial score (nSPS) is 10.3. The number of Topliss-reactive ketones (excluding diaryl/α,β-unsaturated/α-hetero) is 1. The maximum atomic E-state index is 10.9. The van der Waals surface area contributed by atoms with Crippen molar-refractivity contribution in [3.63, 3.8) is 0 Å². The fraction of sp³-hybridized carbons (Fsp3) is 0.500. The maximum Gasteiger partial charge on any atom is 0.146 e. The summed E-state index contributed by atoms with van der Waals surface area (Å²) in [5, 5.41) is 0.666. The molecule has 2 nitrogen and oxygen atoms in total. The maximum absolute atomic E-state index is 10.9. The van der Waals surface area contributed by atoms with Crippen molar-refractivity contribution in [2.45, 2.75) is 47.1 Å². The number of nitrogens with two attached hydrogens (primary N) is 1. The standard InChI is InChI=1S/C10H12ClNO.2C2H6/c1-7(13)10(12)6-8-4-2-3-5-9(8)11;2*1-2/h2-5,10H,6,12H2,1H3;2*1-2H3. The fourth-order valence-electron chi connectivity index (χ4n) is 1.04. The number of hydrogen-bond acceptors (Lipinski definition) is 2. The van der Waals surface area contributed by atoms with E-state index < -0.39 is 6.04 Å². The molecule has 1 rings (SSSR count). The predicted molar refractivity (Wildman–Crippen MR) is 76.5 cm³/mol. The Morgan fingerprint density at radius 2 is 1.71 bits per heavy atom. The summed E-state index contributed by atoms with van der Waals surface area (Å²) in [4.78, 5) is 10.9. The third-order valence-electron chi connectivity index (χ3n) is 1.92. The molecule has 0 amide bonds. The third-order valence-corrected chi connectivity index (χ3v) is 2.29. The van der Waals surface area contributed by atoms with Crippen molar-refractivity contribution in [3.05, 3.63) is 34.9 Å². The fourth-order valence-corrected chi connectivity index (χ4v) is 1.26. The number of hydrogen-bond donors (Lipinski definition) is 1. The highest BCUT2D eigenvalue weighted by atomic mass is 35.5. The van der Waals surface area contributed by atoms with Gasteiger partial charge in [0.15, 0.2) is 0 Å². The second-order valence-electron chi connectivity index (χ2n) is 3.01. The summed E-state index contributed by atoms with van der Waals surface area (Å²) in [6.45, 7) is 9.49. The first kappa shape index (κ1) is 18.5. The molecule has 1 aromatic rings. The van der Waals surface area contributed by atoms with Crippen molar-refractivity contribution in [1.82, 2.24) is 0 Å². The minimum absolute atomic E-state index is 0.0140. The van der Waals surface area contributed by atoms with Gasteiger partial charge in [0.25, 0.3) is 0 Å². The lowest BCUT2D eigenvalue weighted by atomic mass is 10.0. The van der Waals surface area contributed by atoms with Crippen LogP contribution in [0.3, 0.4) is 0 Å². The van der Waals surface area contributed by atoms with Crippen LogP contribution in [0, 0.1) is 0 Å². The number of halogens is 1. The molecule has 0 spiro atoms. The molecule has 0 fully saturated rings. The van der Waals surface area contributed by atoms with Gasteiger partial charge in [0.2, 0.25) is 0 Å². The van der Waals surface area contributed by atoms with Gasteiger partial charge in [0.05, 0.1) is 6.04 Å². The minimum Gasteiger partial charge on any atom is -0.321 e. The smallest absolute Gasteiger partial charge is 0.146 e. The van der Waals surface area contributed by atoms with Crippen LogP contribution in [0.15, 0.2) is 24.3 Å². The second-order valence-corrected chi connectivity index (χ2v) is 3.42. The molecular formula is C14H24ClNO. The molecule has 0 bridgehead atoms. The van der Waals surface area contributed by atoms with Gasteiger partial charge in [0.1, 0.15) is 5.78 Å². The van der Waals surface area contributed by atoms with E-state index in [1.807, 2.05) is 45.9 Å². The molecular weight excluding hydrogens is 234 g/mol. The number of carbonyl (C=O) groups excluding carboxylic acids is 1. The van der Waals surface area contributed by atoms with Gasteiger partial charge in [-0.25, -0.2) is 0 Å². The molecule has 0 aliphatic heterocycles. The highest BCUT2D eigenvalue weighted by Crippen LogP contribution is 2.16. The zero-order chi connectivity index (χ0) is 13.8. The molecule has 0 saturated carbocycles. The number of benzene rings is 1. The van der Waals surface area contributed by atoms with Crippen LogP contribution in [0.4, 0.5) is 0 Å². The van der Waals surface area contributed by atoms with Crippen LogP contribution in [-0.2, 0) is 11.2 Å². The first-order chi connectivity index (χ1) is 8.11. The van der Waals surface area contributed by atoms with Gasteiger partial charge in [-0.2, -0.15) is 0 Å². The lowest BCUT2D eigenvalue weighted by Crippen LogP contribution is -2.30. The summed E-state index contributed by atoms with van der Waals surface area (Å²) < 4.78 is 0. The minimum atomic E-state index is -0.445. The molecule has 2 N–H and O–H groups in total. The Morgan fingerprint density at radius 1 is 1.24 bits per heavy atom. The van der Waals surface area contributed by atoms with Crippen LogP contribution >= 0.6 is 11.6 Å². The van der Waals surface area contributed by atoms with Gasteiger partial charge in [-0.1, -0.05) is 57.5 Å². The molecule has 1 unspecified atom stereocenters. The predicted octanol–water partition coefficient (Wildman–Crippen LogP) is 3.85. The van der Waals surface area contributed by atoms with Gasteiger partial charge in [0, 0.05) is 5.02 Å². The van der Waals surface area contributed by atoms with E-state index in [0.717, 1.165) is 5.56 Å². The largest absolute Gasteiger partial charge is 0.321 e. The van der Waals surface area contributed by atoms with Crippen LogP contribution in [0.1, 0.15) is 40.2 Å². The van der Waals surface area contributed by atoms with E-state index in [4.69, 9.17) is 17.3 Å². The van der Waals surface area contributed by atoms with E-state index in [1.165, 1.54) is 6.92 Å². The van der Waals surface area contributed by atoms with Crippen molar-refractivity contribution in [2.24, 2.45) is 5.73 Å². The van der Waals surface area contributed by atoms with Crippen molar-refractivity contribution < 1.29 is 4.79 Å². The number of rotatable bonds is 3. The van der Waals surface area contributed by atoms with Crippen molar-refractivity contribution in [3.8, 4) is 0 Å². The molecule has 0 aromatic heterocycles. The Kier molecular flexibility index (Phi) is 12.6. The molecule has 0 aliphatic rings. The Bertz CT molecular complexity index is 313. The Balaban J connectivity index is 0. The molecule has 0 radical (unpaired) electrons. The lowest BCUT2D eigenvalue weighted by molar-refractivity contribution is -0.118. The van der Waals surface area contributed by atoms with Crippen LogP contribution in [0.25, 0.3) is 0 Å². The first-order valence-electron chi connectivity index (χ1n) is 6.10. The average Bonchev–Trinajstić information content (AvgIpc) is 2.37. The zero-order valence-corrected chi connectivity index (χ0v) is 12.2. The Labute approximate surface area is 110 Å². The molecule has 3 heteroatoms. The molecule has 1 atom stereocenters.